The Hall–Kier alpha value is -1.94. The average Bonchev–Trinajstić information content (AvgIpc) is 2.44. The third kappa shape index (κ3) is 4.97. The summed E-state index contributed by atoms with van der Waals surface area (Å²) < 4.78 is 5.71. The lowest BCUT2D eigenvalue weighted by Gasteiger charge is -2.20. The van der Waals surface area contributed by atoms with Gasteiger partial charge in [-0.15, -0.1) is 0 Å². The highest BCUT2D eigenvalue weighted by Crippen LogP contribution is 2.15. The molecular weight excluding hydrogens is 250 g/mol. The topological polar surface area (TPSA) is 47.0 Å². The molecule has 1 aromatic carbocycles. The van der Waals surface area contributed by atoms with Crippen molar-refractivity contribution in [2.45, 2.75) is 39.5 Å². The Balaban J connectivity index is 1.92. The summed E-state index contributed by atoms with van der Waals surface area (Å²) in [6.45, 7) is 7.67. The predicted octanol–water partition coefficient (Wildman–Crippen LogP) is 2.94. The zero-order chi connectivity index (χ0) is 14.4. The smallest absolute Gasteiger partial charge is 0.166 e. The number of hydrogen-bond acceptors (Lipinski definition) is 4. The Morgan fingerprint density at radius 2 is 1.85 bits per heavy atom. The second kappa shape index (κ2) is 6.48. The van der Waals surface area contributed by atoms with Gasteiger partial charge in [0.05, 0.1) is 0 Å². The highest BCUT2D eigenvalue weighted by molar-refractivity contribution is 5.28. The third-order valence-electron chi connectivity index (χ3n) is 2.71. The van der Waals surface area contributed by atoms with Gasteiger partial charge >= 0.3 is 0 Å². The lowest BCUT2D eigenvalue weighted by Crippen LogP contribution is -2.35. The van der Waals surface area contributed by atoms with Crippen LogP contribution < -0.4 is 10.1 Å². The summed E-state index contributed by atoms with van der Waals surface area (Å²) in [7, 11) is 0. The van der Waals surface area contributed by atoms with E-state index in [0.717, 1.165) is 12.3 Å². The van der Waals surface area contributed by atoms with Gasteiger partial charge in [0.25, 0.3) is 0 Å². The lowest BCUT2D eigenvalue weighted by atomic mass is 10.1. The van der Waals surface area contributed by atoms with Crippen LogP contribution in [0.15, 0.2) is 42.7 Å². The van der Waals surface area contributed by atoms with Gasteiger partial charge in [0.1, 0.15) is 12.4 Å². The average molecular weight is 271 g/mol. The maximum absolute atomic E-state index is 5.71. The molecule has 4 heteroatoms. The fraction of sp³-hybridized carbons (Fsp3) is 0.375. The van der Waals surface area contributed by atoms with E-state index in [1.807, 2.05) is 18.2 Å². The number of hydrogen-bond donors (Lipinski definition) is 1. The van der Waals surface area contributed by atoms with Gasteiger partial charge < -0.3 is 10.1 Å². The van der Waals surface area contributed by atoms with E-state index in [1.165, 1.54) is 5.56 Å². The van der Waals surface area contributed by atoms with Gasteiger partial charge in [0, 0.05) is 24.5 Å². The summed E-state index contributed by atoms with van der Waals surface area (Å²) >= 11 is 0. The summed E-state index contributed by atoms with van der Waals surface area (Å²) in [4.78, 5) is 8.27. The van der Waals surface area contributed by atoms with E-state index in [4.69, 9.17) is 4.74 Å². The lowest BCUT2D eigenvalue weighted by molar-refractivity contribution is 0.295. The van der Waals surface area contributed by atoms with Crippen LogP contribution in [0.3, 0.4) is 0 Å². The molecule has 2 rings (SSSR count). The highest BCUT2D eigenvalue weighted by Gasteiger charge is 2.08. The molecule has 0 spiro atoms. The van der Waals surface area contributed by atoms with Gasteiger partial charge in [-0.25, -0.2) is 9.97 Å². The molecule has 1 aromatic heterocycles. The molecule has 0 aliphatic rings. The molecular formula is C16H21N3O. The van der Waals surface area contributed by atoms with E-state index in [1.54, 1.807) is 18.5 Å². The van der Waals surface area contributed by atoms with Gasteiger partial charge in [-0.2, -0.15) is 0 Å². The predicted molar refractivity (Wildman–Crippen MR) is 79.4 cm³/mol. The monoisotopic (exact) mass is 271 g/mol. The first-order chi connectivity index (χ1) is 9.53. The number of ether oxygens (including phenoxy) is 1. The van der Waals surface area contributed by atoms with E-state index < -0.39 is 0 Å². The zero-order valence-corrected chi connectivity index (χ0v) is 12.3. The molecule has 0 saturated heterocycles. The van der Waals surface area contributed by atoms with Crippen LogP contribution in [0.4, 0.5) is 0 Å². The molecule has 0 radical (unpaired) electrons. The van der Waals surface area contributed by atoms with Crippen molar-refractivity contribution in [3.8, 4) is 5.75 Å². The molecule has 0 amide bonds. The van der Waals surface area contributed by atoms with Crippen molar-refractivity contribution in [2.75, 3.05) is 0 Å². The molecule has 0 aliphatic heterocycles. The second-order valence-corrected chi connectivity index (χ2v) is 5.70. The first-order valence-electron chi connectivity index (χ1n) is 6.76. The van der Waals surface area contributed by atoms with Crippen molar-refractivity contribution in [3.63, 3.8) is 0 Å². The molecule has 106 valence electrons. The van der Waals surface area contributed by atoms with Crippen LogP contribution in [0.2, 0.25) is 0 Å². The zero-order valence-electron chi connectivity index (χ0n) is 12.3. The molecule has 0 fully saturated rings. The molecule has 0 aliphatic carbocycles. The first kappa shape index (κ1) is 14.5. The minimum Gasteiger partial charge on any atom is -0.486 e. The summed E-state index contributed by atoms with van der Waals surface area (Å²) in [6.07, 6.45) is 3.44. The Labute approximate surface area is 120 Å². The third-order valence-corrected chi connectivity index (χ3v) is 2.71. The van der Waals surface area contributed by atoms with Crippen molar-refractivity contribution >= 4 is 0 Å². The van der Waals surface area contributed by atoms with Crippen LogP contribution in [-0.2, 0) is 13.2 Å². The quantitative estimate of drug-likeness (QED) is 0.908. The van der Waals surface area contributed by atoms with Crippen molar-refractivity contribution in [1.82, 2.24) is 15.3 Å². The van der Waals surface area contributed by atoms with Gasteiger partial charge in [0.15, 0.2) is 5.82 Å². The van der Waals surface area contributed by atoms with Crippen LogP contribution in [0, 0.1) is 0 Å². The van der Waals surface area contributed by atoms with Crippen molar-refractivity contribution in [2.24, 2.45) is 0 Å². The fourth-order valence-electron chi connectivity index (χ4n) is 1.66. The van der Waals surface area contributed by atoms with Crippen LogP contribution >= 0.6 is 0 Å². The molecule has 20 heavy (non-hydrogen) atoms. The Morgan fingerprint density at radius 3 is 2.55 bits per heavy atom. The van der Waals surface area contributed by atoms with Crippen molar-refractivity contribution in [3.05, 3.63) is 54.1 Å². The van der Waals surface area contributed by atoms with Crippen LogP contribution in [0.25, 0.3) is 0 Å². The fourth-order valence-corrected chi connectivity index (χ4v) is 1.66. The maximum atomic E-state index is 5.71. The maximum Gasteiger partial charge on any atom is 0.166 e. The van der Waals surface area contributed by atoms with Gasteiger partial charge in [0.2, 0.25) is 0 Å². The van der Waals surface area contributed by atoms with Gasteiger partial charge in [-0.3, -0.25) is 0 Å². The Bertz CT molecular complexity index is 535. The first-order valence-corrected chi connectivity index (χ1v) is 6.76. The minimum atomic E-state index is 0.106. The summed E-state index contributed by atoms with van der Waals surface area (Å²) in [5.74, 6) is 1.52. The normalized spacial score (nSPS) is 11.3. The van der Waals surface area contributed by atoms with E-state index in [2.05, 4.69) is 42.1 Å². The highest BCUT2D eigenvalue weighted by atomic mass is 16.5. The number of benzene rings is 1. The molecule has 0 unspecified atom stereocenters. The molecule has 0 atom stereocenters. The molecule has 1 heterocycles. The molecule has 4 nitrogen and oxygen atoms in total. The number of nitrogens with one attached hydrogen (secondary N) is 1. The molecule has 1 N–H and O–H groups in total. The van der Waals surface area contributed by atoms with E-state index in [0.29, 0.717) is 12.4 Å². The largest absolute Gasteiger partial charge is 0.486 e. The molecule has 2 aromatic rings. The van der Waals surface area contributed by atoms with Gasteiger partial charge in [-0.05, 0) is 44.5 Å². The van der Waals surface area contributed by atoms with Crippen LogP contribution in [0.1, 0.15) is 32.2 Å². The Morgan fingerprint density at radius 1 is 1.10 bits per heavy atom. The second-order valence-electron chi connectivity index (χ2n) is 5.70. The van der Waals surface area contributed by atoms with Crippen LogP contribution in [0.5, 0.6) is 5.75 Å². The van der Waals surface area contributed by atoms with Crippen LogP contribution in [-0.4, -0.2) is 15.5 Å². The molecule has 0 saturated carbocycles. The van der Waals surface area contributed by atoms with E-state index in [9.17, 15) is 0 Å². The van der Waals surface area contributed by atoms with Gasteiger partial charge in [-0.1, -0.05) is 12.1 Å². The summed E-state index contributed by atoms with van der Waals surface area (Å²) in [5, 5.41) is 3.46. The number of rotatable bonds is 5. The summed E-state index contributed by atoms with van der Waals surface area (Å²) in [6, 6.07) is 9.87. The summed E-state index contributed by atoms with van der Waals surface area (Å²) in [5.41, 5.74) is 1.31. The number of aromatic nitrogens is 2. The Kier molecular flexibility index (Phi) is 4.69. The van der Waals surface area contributed by atoms with Crippen molar-refractivity contribution < 1.29 is 4.74 Å². The SMILES string of the molecule is CC(C)(C)NCc1cccc(OCc2ncccn2)c1. The molecule has 0 bridgehead atoms. The minimum absolute atomic E-state index is 0.106. The van der Waals surface area contributed by atoms with E-state index in [-0.39, 0.29) is 5.54 Å². The standard InChI is InChI=1S/C16H21N3O/c1-16(2,3)19-11-13-6-4-7-14(10-13)20-12-15-17-8-5-9-18-15/h4-10,19H,11-12H2,1-3H3. The number of nitrogens with zero attached hydrogens (tertiary/aromatic N) is 2. The van der Waals surface area contributed by atoms with E-state index >= 15 is 0 Å². The van der Waals surface area contributed by atoms with Crippen molar-refractivity contribution in [1.29, 1.82) is 0 Å².